The number of likely N-dealkylation sites (tertiary alicyclic amines) is 1. The van der Waals surface area contributed by atoms with Gasteiger partial charge in [-0.05, 0) is 37.0 Å². The van der Waals surface area contributed by atoms with Crippen LogP contribution in [0.15, 0.2) is 60.9 Å². The fourth-order valence-electron chi connectivity index (χ4n) is 4.74. The smallest absolute Gasteiger partial charge is 0.245 e. The van der Waals surface area contributed by atoms with Crippen LogP contribution in [-0.2, 0) is 15.0 Å². The molecule has 0 spiro atoms. The second kappa shape index (κ2) is 7.03. The zero-order valence-corrected chi connectivity index (χ0v) is 16.3. The molecule has 3 aromatic rings. The minimum absolute atomic E-state index is 0.0244. The third-order valence-corrected chi connectivity index (χ3v) is 6.40. The van der Waals surface area contributed by atoms with Crippen LogP contribution in [0.1, 0.15) is 36.9 Å². The number of carbonyl (C=O) groups is 2. The van der Waals surface area contributed by atoms with E-state index in [4.69, 9.17) is 4.98 Å². The number of fused-ring (bicyclic) bond motifs is 1. The van der Waals surface area contributed by atoms with Gasteiger partial charge < -0.3 is 14.6 Å². The number of piperidine rings is 1. The molecule has 2 fully saturated rings. The van der Waals surface area contributed by atoms with Crippen molar-refractivity contribution >= 4 is 17.5 Å². The summed E-state index contributed by atoms with van der Waals surface area (Å²) in [6.07, 6.45) is 6.81. The summed E-state index contributed by atoms with van der Waals surface area (Å²) >= 11 is 0. The number of imidazole rings is 1. The number of carbonyl (C=O) groups excluding carboxylic acids is 2. The van der Waals surface area contributed by atoms with Crippen molar-refractivity contribution in [3.05, 3.63) is 72.2 Å². The SMILES string of the molecule is O=C1CC[C@@H](C(=O)N2CCC(c3ccccc3)(c3cn4ccccc4n3)CC2)N1. The normalized spacial score (nSPS) is 21.3. The molecule has 4 heterocycles. The lowest BCUT2D eigenvalue weighted by Crippen LogP contribution is -2.51. The highest BCUT2D eigenvalue weighted by molar-refractivity contribution is 5.90. The van der Waals surface area contributed by atoms with Crippen molar-refractivity contribution in [2.24, 2.45) is 0 Å². The van der Waals surface area contributed by atoms with E-state index in [2.05, 4.69) is 40.2 Å². The summed E-state index contributed by atoms with van der Waals surface area (Å²) in [6, 6.07) is 16.2. The molecule has 2 amide bonds. The molecule has 1 atom stereocenters. The Morgan fingerprint density at radius 3 is 2.52 bits per heavy atom. The van der Waals surface area contributed by atoms with Gasteiger partial charge in [0.15, 0.2) is 0 Å². The fourth-order valence-corrected chi connectivity index (χ4v) is 4.74. The zero-order valence-electron chi connectivity index (χ0n) is 16.3. The minimum Gasteiger partial charge on any atom is -0.344 e. The van der Waals surface area contributed by atoms with Gasteiger partial charge in [0.1, 0.15) is 11.7 Å². The average molecular weight is 388 g/mol. The van der Waals surface area contributed by atoms with Gasteiger partial charge in [0.25, 0.3) is 0 Å². The number of hydrogen-bond donors (Lipinski definition) is 1. The molecule has 2 aliphatic rings. The Morgan fingerprint density at radius 2 is 1.83 bits per heavy atom. The standard InChI is InChI=1S/C23H24N4O2/c28-21-10-9-18(24-21)22(29)26-14-11-23(12-15-26,17-6-2-1-3-7-17)19-16-27-13-5-4-8-20(27)25-19/h1-8,13,16,18H,9-12,14-15H2,(H,24,28)/t18-/m0/s1. The number of benzene rings is 1. The fraction of sp³-hybridized carbons (Fsp3) is 0.348. The van der Waals surface area contributed by atoms with Crippen LogP contribution in [0.5, 0.6) is 0 Å². The maximum absolute atomic E-state index is 12.9. The summed E-state index contributed by atoms with van der Waals surface area (Å²) in [5, 5.41) is 2.81. The quantitative estimate of drug-likeness (QED) is 0.750. The van der Waals surface area contributed by atoms with E-state index < -0.39 is 0 Å². The average Bonchev–Trinajstić information content (AvgIpc) is 3.40. The Labute approximate surface area is 169 Å². The molecule has 0 radical (unpaired) electrons. The van der Waals surface area contributed by atoms with Crippen LogP contribution in [-0.4, -0.2) is 45.2 Å². The Morgan fingerprint density at radius 1 is 1.07 bits per heavy atom. The van der Waals surface area contributed by atoms with Crippen molar-refractivity contribution in [1.29, 1.82) is 0 Å². The first kappa shape index (κ1) is 17.9. The molecule has 2 saturated heterocycles. The van der Waals surface area contributed by atoms with Crippen molar-refractivity contribution in [2.75, 3.05) is 13.1 Å². The molecule has 0 unspecified atom stereocenters. The van der Waals surface area contributed by atoms with Crippen molar-refractivity contribution in [2.45, 2.75) is 37.1 Å². The van der Waals surface area contributed by atoms with E-state index in [1.165, 1.54) is 5.56 Å². The minimum atomic E-state index is -0.359. The van der Waals surface area contributed by atoms with Gasteiger partial charge in [-0.25, -0.2) is 4.98 Å². The molecule has 0 saturated carbocycles. The lowest BCUT2D eigenvalue weighted by Gasteiger charge is -2.42. The Hall–Kier alpha value is -3.15. The predicted molar refractivity (Wildman–Crippen MR) is 109 cm³/mol. The van der Waals surface area contributed by atoms with Gasteiger partial charge in [0, 0.05) is 37.3 Å². The van der Waals surface area contributed by atoms with E-state index in [1.54, 1.807) is 0 Å². The van der Waals surface area contributed by atoms with Gasteiger partial charge in [0.05, 0.1) is 5.69 Å². The van der Waals surface area contributed by atoms with E-state index in [-0.39, 0.29) is 23.3 Å². The van der Waals surface area contributed by atoms with E-state index >= 15 is 0 Å². The molecule has 29 heavy (non-hydrogen) atoms. The van der Waals surface area contributed by atoms with Crippen LogP contribution in [0.4, 0.5) is 0 Å². The third kappa shape index (κ3) is 3.09. The summed E-state index contributed by atoms with van der Waals surface area (Å²) in [7, 11) is 0. The summed E-state index contributed by atoms with van der Waals surface area (Å²) in [5.41, 5.74) is 3.01. The van der Waals surface area contributed by atoms with Crippen molar-refractivity contribution < 1.29 is 9.59 Å². The van der Waals surface area contributed by atoms with Crippen LogP contribution < -0.4 is 5.32 Å². The zero-order chi connectivity index (χ0) is 19.8. The van der Waals surface area contributed by atoms with Crippen molar-refractivity contribution in [3.8, 4) is 0 Å². The molecule has 0 aliphatic carbocycles. The number of hydrogen-bond acceptors (Lipinski definition) is 3. The second-order valence-corrected chi connectivity index (χ2v) is 8.02. The maximum atomic E-state index is 12.9. The number of nitrogens with zero attached hydrogens (tertiary/aromatic N) is 3. The molecule has 2 aliphatic heterocycles. The Kier molecular flexibility index (Phi) is 4.34. The highest BCUT2D eigenvalue weighted by atomic mass is 16.2. The molecular weight excluding hydrogens is 364 g/mol. The lowest BCUT2D eigenvalue weighted by atomic mass is 9.70. The molecule has 148 valence electrons. The first-order valence-corrected chi connectivity index (χ1v) is 10.2. The van der Waals surface area contributed by atoms with Gasteiger partial charge in [-0.1, -0.05) is 36.4 Å². The van der Waals surface area contributed by atoms with Crippen molar-refractivity contribution in [3.63, 3.8) is 0 Å². The van der Waals surface area contributed by atoms with Gasteiger partial charge in [-0.3, -0.25) is 9.59 Å². The monoisotopic (exact) mass is 388 g/mol. The molecule has 5 rings (SSSR count). The maximum Gasteiger partial charge on any atom is 0.245 e. The van der Waals surface area contributed by atoms with E-state index in [0.29, 0.717) is 25.9 Å². The first-order valence-electron chi connectivity index (χ1n) is 10.2. The van der Waals surface area contributed by atoms with Crippen LogP contribution in [0.25, 0.3) is 5.65 Å². The molecular formula is C23H24N4O2. The molecule has 2 aromatic heterocycles. The van der Waals surface area contributed by atoms with Gasteiger partial charge in [-0.15, -0.1) is 0 Å². The molecule has 6 nitrogen and oxygen atoms in total. The number of nitrogens with one attached hydrogen (secondary N) is 1. The number of pyridine rings is 1. The van der Waals surface area contributed by atoms with Crippen LogP contribution in [0.2, 0.25) is 0 Å². The lowest BCUT2D eigenvalue weighted by molar-refractivity contribution is -0.135. The van der Waals surface area contributed by atoms with E-state index in [0.717, 1.165) is 24.2 Å². The number of amides is 2. The van der Waals surface area contributed by atoms with Crippen molar-refractivity contribution in [1.82, 2.24) is 19.6 Å². The Balaban J connectivity index is 1.46. The molecule has 0 bridgehead atoms. The van der Waals surface area contributed by atoms with Crippen LogP contribution in [0.3, 0.4) is 0 Å². The van der Waals surface area contributed by atoms with Gasteiger partial charge >= 0.3 is 0 Å². The highest BCUT2D eigenvalue weighted by Gasteiger charge is 2.42. The molecule has 1 N–H and O–H groups in total. The Bertz CT molecular complexity index is 1020. The van der Waals surface area contributed by atoms with Gasteiger partial charge in [0.2, 0.25) is 11.8 Å². The van der Waals surface area contributed by atoms with E-state index in [1.807, 2.05) is 35.4 Å². The summed E-state index contributed by atoms with van der Waals surface area (Å²) in [4.78, 5) is 31.2. The third-order valence-electron chi connectivity index (χ3n) is 6.40. The topological polar surface area (TPSA) is 66.7 Å². The second-order valence-electron chi connectivity index (χ2n) is 8.02. The molecule has 6 heteroatoms. The summed E-state index contributed by atoms with van der Waals surface area (Å²) in [6.45, 7) is 1.32. The predicted octanol–water partition coefficient (Wildman–Crippen LogP) is 2.52. The first-order chi connectivity index (χ1) is 14.2. The summed E-state index contributed by atoms with van der Waals surface area (Å²) in [5.74, 6) is 0.0243. The van der Waals surface area contributed by atoms with Crippen LogP contribution >= 0.6 is 0 Å². The van der Waals surface area contributed by atoms with Crippen LogP contribution in [0, 0.1) is 0 Å². The number of rotatable bonds is 3. The van der Waals surface area contributed by atoms with Gasteiger partial charge in [-0.2, -0.15) is 0 Å². The summed E-state index contributed by atoms with van der Waals surface area (Å²) < 4.78 is 2.06. The van der Waals surface area contributed by atoms with E-state index in [9.17, 15) is 9.59 Å². The number of aromatic nitrogens is 2. The molecule has 1 aromatic carbocycles. The highest BCUT2D eigenvalue weighted by Crippen LogP contribution is 2.41. The largest absolute Gasteiger partial charge is 0.344 e.